The lowest BCUT2D eigenvalue weighted by molar-refractivity contribution is -0.144. The number of aliphatic hydroxyl groups is 1. The van der Waals surface area contributed by atoms with Crippen LogP contribution in [0.3, 0.4) is 0 Å². The molecule has 3 aromatic carbocycles. The summed E-state index contributed by atoms with van der Waals surface area (Å²) in [6.07, 6.45) is -3.93. The molecular formula is C46H54F3N9O8S2. The molecular weight excluding hydrogens is 928 g/mol. The van der Waals surface area contributed by atoms with Gasteiger partial charge in [-0.3, -0.25) is 18.7 Å². The highest BCUT2D eigenvalue weighted by Crippen LogP contribution is 2.35. The van der Waals surface area contributed by atoms with Crippen LogP contribution in [-0.4, -0.2) is 109 Å². The average molecular weight is 982 g/mol. The molecule has 0 aliphatic carbocycles. The number of amides is 3. The summed E-state index contributed by atoms with van der Waals surface area (Å²) in [5.74, 6) is -1.67. The van der Waals surface area contributed by atoms with E-state index in [9.17, 15) is 41.1 Å². The smallest absolute Gasteiger partial charge is 0.421 e. The Labute approximate surface area is 396 Å². The van der Waals surface area contributed by atoms with E-state index in [2.05, 4.69) is 36.2 Å². The van der Waals surface area contributed by atoms with Gasteiger partial charge >= 0.3 is 6.18 Å². The number of nitrogens with one attached hydrogen (secondary N) is 4. The van der Waals surface area contributed by atoms with E-state index in [1.807, 2.05) is 31.2 Å². The molecule has 1 saturated heterocycles. The van der Waals surface area contributed by atoms with Crippen molar-refractivity contribution in [3.05, 3.63) is 107 Å². The normalized spacial score (nSPS) is 15.6. The first-order valence-electron chi connectivity index (χ1n) is 21.4. The summed E-state index contributed by atoms with van der Waals surface area (Å²) in [7, 11) is -2.18. The third-order valence-electron chi connectivity index (χ3n) is 10.9. The van der Waals surface area contributed by atoms with Gasteiger partial charge in [0.05, 0.1) is 40.7 Å². The molecule has 0 saturated carbocycles. The number of carbonyl (C=O) groups is 3. The molecule has 5 aromatic rings. The number of sulfonamides is 1. The molecule has 5 N–H and O–H groups in total. The Morgan fingerprint density at radius 3 is 2.35 bits per heavy atom. The van der Waals surface area contributed by atoms with Gasteiger partial charge in [0, 0.05) is 45.0 Å². The molecule has 17 nitrogen and oxygen atoms in total. The second-order valence-electron chi connectivity index (χ2n) is 17.2. The maximum atomic E-state index is 14.0. The number of anilines is 4. The fraction of sp³-hybridized carbons (Fsp3) is 0.391. The van der Waals surface area contributed by atoms with Crippen LogP contribution in [0.25, 0.3) is 10.4 Å². The van der Waals surface area contributed by atoms with Crippen molar-refractivity contribution in [1.29, 1.82) is 0 Å². The monoisotopic (exact) mass is 981 g/mol. The second-order valence-corrected chi connectivity index (χ2v) is 20.1. The number of nitrogens with zero attached hydrogens (tertiary/aromatic N) is 5. The summed E-state index contributed by atoms with van der Waals surface area (Å²) in [5.41, 5.74) is 4.05. The summed E-state index contributed by atoms with van der Waals surface area (Å²) < 4.78 is 77.9. The van der Waals surface area contributed by atoms with E-state index in [0.29, 0.717) is 28.9 Å². The van der Waals surface area contributed by atoms with Crippen molar-refractivity contribution < 1.29 is 50.6 Å². The van der Waals surface area contributed by atoms with Crippen LogP contribution in [0.5, 0.6) is 5.75 Å². The third-order valence-corrected chi connectivity index (χ3v) is 13.1. The number of ether oxygens (including phenoxy) is 2. The van der Waals surface area contributed by atoms with Crippen LogP contribution in [0.15, 0.2) is 84.5 Å². The highest BCUT2D eigenvalue weighted by molar-refractivity contribution is 7.92. The molecule has 68 heavy (non-hydrogen) atoms. The summed E-state index contributed by atoms with van der Waals surface area (Å²) in [6.45, 7) is 7.00. The zero-order chi connectivity index (χ0) is 49.4. The lowest BCUT2D eigenvalue weighted by atomic mass is 9.85. The van der Waals surface area contributed by atoms with Gasteiger partial charge in [-0.05, 0) is 65.4 Å². The molecule has 3 atom stereocenters. The number of thiazole rings is 1. The predicted molar refractivity (Wildman–Crippen MR) is 252 cm³/mol. The topological polar surface area (TPSA) is 217 Å². The van der Waals surface area contributed by atoms with Crippen molar-refractivity contribution in [1.82, 2.24) is 30.5 Å². The number of alkyl halides is 3. The molecule has 3 unspecified atom stereocenters. The van der Waals surface area contributed by atoms with Crippen LogP contribution < -0.4 is 30.3 Å². The van der Waals surface area contributed by atoms with Crippen LogP contribution in [0.1, 0.15) is 49.6 Å². The first-order valence-corrected chi connectivity index (χ1v) is 24.1. The number of aryl methyl sites for hydroxylation is 1. The minimum absolute atomic E-state index is 0.00357. The Morgan fingerprint density at radius 1 is 0.985 bits per heavy atom. The number of aromatic nitrogens is 3. The molecule has 0 bridgehead atoms. The number of rotatable bonds is 19. The maximum Gasteiger partial charge on any atom is 0.421 e. The lowest BCUT2D eigenvalue weighted by Crippen LogP contribution is -2.58. The van der Waals surface area contributed by atoms with Gasteiger partial charge in [-0.2, -0.15) is 18.2 Å². The van der Waals surface area contributed by atoms with Crippen LogP contribution >= 0.6 is 11.3 Å². The highest BCUT2D eigenvalue weighted by atomic mass is 32.2. The van der Waals surface area contributed by atoms with Gasteiger partial charge in [0.2, 0.25) is 33.7 Å². The molecule has 22 heteroatoms. The van der Waals surface area contributed by atoms with Crippen LogP contribution in [0, 0.1) is 12.3 Å². The van der Waals surface area contributed by atoms with E-state index < -0.39 is 75.5 Å². The van der Waals surface area contributed by atoms with Crippen LogP contribution in [0.4, 0.5) is 36.3 Å². The second kappa shape index (κ2) is 21.7. The van der Waals surface area contributed by atoms with E-state index in [1.54, 1.807) is 80.1 Å². The molecule has 364 valence electrons. The Kier molecular flexibility index (Phi) is 16.3. The van der Waals surface area contributed by atoms with Crippen molar-refractivity contribution in [3.8, 4) is 16.2 Å². The summed E-state index contributed by atoms with van der Waals surface area (Å²) in [6, 6.07) is 18.5. The summed E-state index contributed by atoms with van der Waals surface area (Å²) >= 11 is 1.55. The number of hydrogen-bond donors (Lipinski definition) is 5. The molecule has 3 amide bonds. The largest absolute Gasteiger partial charge is 0.491 e. The van der Waals surface area contributed by atoms with Crippen molar-refractivity contribution in [2.75, 3.05) is 54.6 Å². The maximum absolute atomic E-state index is 14.0. The summed E-state index contributed by atoms with van der Waals surface area (Å²) in [4.78, 5) is 55.1. The minimum atomic E-state index is -4.76. The molecule has 1 aliphatic heterocycles. The van der Waals surface area contributed by atoms with Gasteiger partial charge < -0.3 is 40.7 Å². The average Bonchev–Trinajstić information content (AvgIpc) is 3.90. The molecule has 1 aliphatic rings. The van der Waals surface area contributed by atoms with Gasteiger partial charge in [-0.1, -0.05) is 57.2 Å². The minimum Gasteiger partial charge on any atom is -0.491 e. The predicted octanol–water partition coefficient (Wildman–Crippen LogP) is 5.88. The molecule has 6 rings (SSSR count). The Hall–Kier alpha value is -6.36. The molecule has 2 aromatic heterocycles. The number of halogens is 3. The molecule has 3 heterocycles. The fourth-order valence-electron chi connectivity index (χ4n) is 7.15. The van der Waals surface area contributed by atoms with E-state index in [-0.39, 0.29) is 45.2 Å². The quantitative estimate of drug-likeness (QED) is 0.0612. The van der Waals surface area contributed by atoms with E-state index in [1.165, 1.54) is 18.0 Å². The fourth-order valence-corrected chi connectivity index (χ4v) is 8.46. The first-order chi connectivity index (χ1) is 32.1. The molecule has 1 fully saturated rings. The van der Waals surface area contributed by atoms with Crippen molar-refractivity contribution in [2.45, 2.75) is 71.6 Å². The van der Waals surface area contributed by atoms with E-state index in [0.717, 1.165) is 32.3 Å². The highest BCUT2D eigenvalue weighted by Gasteiger charge is 2.44. The number of benzene rings is 3. The van der Waals surface area contributed by atoms with Crippen molar-refractivity contribution >= 4 is 62.2 Å². The summed E-state index contributed by atoms with van der Waals surface area (Å²) in [5, 5.41) is 21.8. The molecule has 0 radical (unpaired) electrons. The number of likely N-dealkylation sites (tertiary alicyclic amines) is 1. The van der Waals surface area contributed by atoms with Gasteiger partial charge in [-0.15, -0.1) is 11.3 Å². The Balaban J connectivity index is 0.961. The zero-order valence-electron chi connectivity index (χ0n) is 38.3. The van der Waals surface area contributed by atoms with Gasteiger partial charge in [0.15, 0.2) is 0 Å². The van der Waals surface area contributed by atoms with Gasteiger partial charge in [0.25, 0.3) is 0 Å². The third kappa shape index (κ3) is 13.6. The van der Waals surface area contributed by atoms with Crippen molar-refractivity contribution in [2.24, 2.45) is 5.41 Å². The zero-order valence-corrected chi connectivity index (χ0v) is 39.9. The van der Waals surface area contributed by atoms with Crippen molar-refractivity contribution in [3.63, 3.8) is 0 Å². The van der Waals surface area contributed by atoms with Gasteiger partial charge in [-0.25, -0.2) is 18.4 Å². The Morgan fingerprint density at radius 2 is 1.71 bits per heavy atom. The van der Waals surface area contributed by atoms with E-state index >= 15 is 0 Å². The number of hydrogen-bond acceptors (Lipinski definition) is 14. The number of carbonyl (C=O) groups excluding carboxylic acids is 3. The SMILES string of the molecule is Cc1ncsc1-c1ccc(CNC(=O)C2CC(O)CN2C(=O)C(NC(=O)COCCOc2ccc(Nc3ncc(C(F)(F)F)c(NCc4cccc(N(C)S(C)(=O)=O)c4)n3)cc2)C(C)(C)C)cc1. The molecule has 0 spiro atoms. The van der Waals surface area contributed by atoms with E-state index in [4.69, 9.17) is 9.47 Å². The number of β-amino-alcohol motifs (C(OH)–C–C–N with tert-alkyl or cyclic N) is 1. The van der Waals surface area contributed by atoms with Gasteiger partial charge in [0.1, 0.15) is 42.4 Å². The van der Waals surface area contributed by atoms with Crippen LogP contribution in [-0.2, 0) is 48.4 Å². The van der Waals surface area contributed by atoms with Crippen LogP contribution in [0.2, 0.25) is 0 Å². The first kappa shape index (κ1) is 51.0. The standard InChI is InChI=1S/C46H54F3N9O8S2/c1-28-39(67-27-53-28)31-12-10-29(11-13-31)22-51-42(61)37-21-34(59)25-58(37)43(62)40(45(2,3)4)55-38(60)26-65-18-19-66-35-16-14-32(15-17-35)54-44-52-24-36(46(47,48)49)41(56-44)50-23-30-8-7-9-33(20-30)57(5)68(6,63)64/h7-17,20,24,27,34,37,40,59H,18-19,21-23,25-26H2,1-6H3,(H,51,61)(H,55,60)(H2,50,52,54,56). The number of aliphatic hydroxyl groups excluding tert-OH is 1. The Bertz CT molecular complexity index is 2660. The lowest BCUT2D eigenvalue weighted by Gasteiger charge is -2.35.